The molecule has 1 heterocycles. The van der Waals surface area contributed by atoms with Crippen LogP contribution in [0.2, 0.25) is 0 Å². The van der Waals surface area contributed by atoms with Gasteiger partial charge in [0, 0.05) is 13.1 Å². The predicted molar refractivity (Wildman–Crippen MR) is 68.5 cm³/mol. The first-order valence-corrected chi connectivity index (χ1v) is 6.83. The fourth-order valence-electron chi connectivity index (χ4n) is 2.71. The molecule has 0 radical (unpaired) electrons. The van der Waals surface area contributed by atoms with Gasteiger partial charge in [0.25, 0.3) is 0 Å². The lowest BCUT2D eigenvalue weighted by Crippen LogP contribution is -2.33. The van der Waals surface area contributed by atoms with Gasteiger partial charge in [-0.2, -0.15) is 5.10 Å². The average molecular weight is 236 g/mol. The van der Waals surface area contributed by atoms with Crippen LogP contribution in [-0.2, 0) is 13.6 Å². The molecule has 1 atom stereocenters. The van der Waals surface area contributed by atoms with Crippen molar-refractivity contribution in [2.45, 2.75) is 58.0 Å². The topological polar surface area (TPSA) is 42.7 Å². The van der Waals surface area contributed by atoms with E-state index >= 15 is 0 Å². The van der Waals surface area contributed by atoms with E-state index in [1.54, 1.807) is 6.33 Å². The molecule has 96 valence electrons. The highest BCUT2D eigenvalue weighted by Gasteiger charge is 2.18. The molecule has 1 fully saturated rings. The van der Waals surface area contributed by atoms with Crippen molar-refractivity contribution < 1.29 is 0 Å². The van der Waals surface area contributed by atoms with E-state index < -0.39 is 0 Å². The Morgan fingerprint density at radius 3 is 2.65 bits per heavy atom. The third kappa shape index (κ3) is 3.53. The molecule has 1 saturated carbocycles. The summed E-state index contributed by atoms with van der Waals surface area (Å²) < 4.78 is 1.84. The first kappa shape index (κ1) is 12.6. The van der Waals surface area contributed by atoms with E-state index in [1.807, 2.05) is 11.7 Å². The van der Waals surface area contributed by atoms with Crippen LogP contribution in [0.15, 0.2) is 6.33 Å². The highest BCUT2D eigenvalue weighted by Crippen LogP contribution is 2.25. The van der Waals surface area contributed by atoms with Crippen LogP contribution in [0.1, 0.15) is 51.3 Å². The van der Waals surface area contributed by atoms with Crippen molar-refractivity contribution in [1.29, 1.82) is 0 Å². The van der Waals surface area contributed by atoms with Gasteiger partial charge < -0.3 is 5.32 Å². The maximum Gasteiger partial charge on any atom is 0.140 e. The number of hydrogen-bond donors (Lipinski definition) is 1. The smallest absolute Gasteiger partial charge is 0.140 e. The highest BCUT2D eigenvalue weighted by atomic mass is 15.3. The van der Waals surface area contributed by atoms with Gasteiger partial charge in [0.05, 0.1) is 6.54 Å². The summed E-state index contributed by atoms with van der Waals surface area (Å²) in [7, 11) is 1.94. The van der Waals surface area contributed by atoms with Crippen LogP contribution in [0.4, 0.5) is 0 Å². The standard InChI is InChI=1S/C13H24N4/c1-11(12-7-5-3-4-6-8-12)14-9-13-15-10-16-17(13)2/h10-12,14H,3-9H2,1-2H3/t11-/m0/s1. The maximum absolute atomic E-state index is 4.24. The molecule has 1 aliphatic rings. The lowest BCUT2D eigenvalue weighted by Gasteiger charge is -2.23. The predicted octanol–water partition coefficient (Wildman–Crippen LogP) is 2.26. The molecule has 0 spiro atoms. The fraction of sp³-hybridized carbons (Fsp3) is 0.846. The van der Waals surface area contributed by atoms with Gasteiger partial charge in [-0.05, 0) is 25.7 Å². The van der Waals surface area contributed by atoms with Gasteiger partial charge in [0.1, 0.15) is 12.2 Å². The van der Waals surface area contributed by atoms with Gasteiger partial charge >= 0.3 is 0 Å². The number of nitrogens with one attached hydrogen (secondary N) is 1. The molecule has 1 aromatic heterocycles. The normalized spacial score (nSPS) is 20.1. The summed E-state index contributed by atoms with van der Waals surface area (Å²) in [5.74, 6) is 1.86. The maximum atomic E-state index is 4.24. The van der Waals surface area contributed by atoms with E-state index in [9.17, 15) is 0 Å². The second kappa shape index (κ2) is 6.15. The summed E-state index contributed by atoms with van der Waals surface area (Å²) in [6, 6.07) is 0.588. The lowest BCUT2D eigenvalue weighted by molar-refractivity contribution is 0.333. The molecule has 1 N–H and O–H groups in total. The molecule has 1 aromatic rings. The summed E-state index contributed by atoms with van der Waals surface area (Å²) in [5, 5.41) is 7.69. The monoisotopic (exact) mass is 236 g/mol. The third-order valence-electron chi connectivity index (χ3n) is 3.99. The largest absolute Gasteiger partial charge is 0.307 e. The van der Waals surface area contributed by atoms with Crippen LogP contribution in [0, 0.1) is 5.92 Å². The van der Waals surface area contributed by atoms with E-state index in [0.29, 0.717) is 6.04 Å². The zero-order chi connectivity index (χ0) is 12.1. The number of aryl methyl sites for hydroxylation is 1. The summed E-state index contributed by atoms with van der Waals surface area (Å²) >= 11 is 0. The molecule has 0 bridgehead atoms. The number of aromatic nitrogens is 3. The molecule has 0 aromatic carbocycles. The Labute approximate surface area is 104 Å². The Morgan fingerprint density at radius 1 is 1.35 bits per heavy atom. The summed E-state index contributed by atoms with van der Waals surface area (Å²) in [4.78, 5) is 4.24. The van der Waals surface area contributed by atoms with Crippen molar-refractivity contribution in [1.82, 2.24) is 20.1 Å². The van der Waals surface area contributed by atoms with Gasteiger partial charge in [-0.15, -0.1) is 0 Å². The van der Waals surface area contributed by atoms with Crippen LogP contribution in [-0.4, -0.2) is 20.8 Å². The highest BCUT2D eigenvalue weighted by molar-refractivity contribution is 4.84. The lowest BCUT2D eigenvalue weighted by atomic mass is 9.93. The molecule has 0 amide bonds. The zero-order valence-electron chi connectivity index (χ0n) is 11.0. The Kier molecular flexibility index (Phi) is 4.54. The first-order chi connectivity index (χ1) is 8.27. The number of rotatable bonds is 4. The summed E-state index contributed by atoms with van der Waals surface area (Å²) in [5.41, 5.74) is 0. The first-order valence-electron chi connectivity index (χ1n) is 6.83. The second-order valence-corrected chi connectivity index (χ2v) is 5.22. The third-order valence-corrected chi connectivity index (χ3v) is 3.99. The van der Waals surface area contributed by atoms with Crippen LogP contribution < -0.4 is 5.32 Å². The van der Waals surface area contributed by atoms with Crippen molar-refractivity contribution in [3.63, 3.8) is 0 Å². The van der Waals surface area contributed by atoms with Gasteiger partial charge in [-0.1, -0.05) is 25.7 Å². The van der Waals surface area contributed by atoms with Gasteiger partial charge in [0.2, 0.25) is 0 Å². The summed E-state index contributed by atoms with van der Waals surface area (Å²) in [6.45, 7) is 3.14. The quantitative estimate of drug-likeness (QED) is 0.815. The van der Waals surface area contributed by atoms with E-state index in [4.69, 9.17) is 0 Å². The van der Waals surface area contributed by atoms with Gasteiger partial charge in [0.15, 0.2) is 0 Å². The van der Waals surface area contributed by atoms with Crippen molar-refractivity contribution >= 4 is 0 Å². The molecule has 0 aliphatic heterocycles. The van der Waals surface area contributed by atoms with Crippen LogP contribution in [0.3, 0.4) is 0 Å². The molecule has 1 aliphatic carbocycles. The van der Waals surface area contributed by atoms with Crippen molar-refractivity contribution in [3.05, 3.63) is 12.2 Å². The molecule has 0 saturated heterocycles. The Morgan fingerprint density at radius 2 is 2.06 bits per heavy atom. The van der Waals surface area contributed by atoms with Gasteiger partial charge in [-0.25, -0.2) is 4.98 Å². The van der Waals surface area contributed by atoms with E-state index in [1.165, 1.54) is 38.5 Å². The van der Waals surface area contributed by atoms with Crippen LogP contribution in [0.25, 0.3) is 0 Å². The molecule has 4 heteroatoms. The molecule has 17 heavy (non-hydrogen) atoms. The van der Waals surface area contributed by atoms with Crippen LogP contribution in [0.5, 0.6) is 0 Å². The average Bonchev–Trinajstić information content (AvgIpc) is 2.58. The van der Waals surface area contributed by atoms with E-state index in [2.05, 4.69) is 22.3 Å². The Hall–Kier alpha value is -0.900. The fourth-order valence-corrected chi connectivity index (χ4v) is 2.71. The molecule has 0 unspecified atom stereocenters. The molecule has 4 nitrogen and oxygen atoms in total. The number of nitrogens with zero attached hydrogens (tertiary/aromatic N) is 3. The van der Waals surface area contributed by atoms with Crippen molar-refractivity contribution in [2.75, 3.05) is 0 Å². The minimum atomic E-state index is 0.588. The molecule has 2 rings (SSSR count). The summed E-state index contributed by atoms with van der Waals surface area (Å²) in [6.07, 6.45) is 10.0. The minimum absolute atomic E-state index is 0.588. The van der Waals surface area contributed by atoms with E-state index in [-0.39, 0.29) is 0 Å². The molecular formula is C13H24N4. The minimum Gasteiger partial charge on any atom is -0.307 e. The Bertz CT molecular complexity index is 326. The van der Waals surface area contributed by atoms with Crippen LogP contribution >= 0.6 is 0 Å². The Balaban J connectivity index is 1.80. The number of hydrogen-bond acceptors (Lipinski definition) is 3. The second-order valence-electron chi connectivity index (χ2n) is 5.22. The van der Waals surface area contributed by atoms with Crippen molar-refractivity contribution in [2.24, 2.45) is 13.0 Å². The van der Waals surface area contributed by atoms with Crippen molar-refractivity contribution in [3.8, 4) is 0 Å². The van der Waals surface area contributed by atoms with E-state index in [0.717, 1.165) is 18.3 Å². The SMILES string of the molecule is C[C@H](NCc1ncnn1C)C1CCCCCC1. The van der Waals surface area contributed by atoms with Gasteiger partial charge in [-0.3, -0.25) is 4.68 Å². The zero-order valence-corrected chi connectivity index (χ0v) is 11.0. The molecular weight excluding hydrogens is 212 g/mol.